The number of nitrogens with zero attached hydrogens (tertiary/aromatic N) is 1. The average Bonchev–Trinajstić information content (AvgIpc) is 3.25. The summed E-state index contributed by atoms with van der Waals surface area (Å²) in [6.07, 6.45) is 9.26. The third-order valence-corrected chi connectivity index (χ3v) is 7.16. The van der Waals surface area contributed by atoms with Gasteiger partial charge in [-0.15, -0.1) is 17.8 Å². The molecule has 2 amide bonds. The number of hydrogen-bond donors (Lipinski definition) is 1. The second kappa shape index (κ2) is 7.13. The zero-order valence-electron chi connectivity index (χ0n) is 15.9. The Labute approximate surface area is 181 Å². The van der Waals surface area contributed by atoms with Crippen LogP contribution < -0.4 is 5.32 Å². The summed E-state index contributed by atoms with van der Waals surface area (Å²) in [7, 11) is 0. The van der Waals surface area contributed by atoms with Gasteiger partial charge < -0.3 is 0 Å². The summed E-state index contributed by atoms with van der Waals surface area (Å²) in [5, 5.41) is 4.03. The van der Waals surface area contributed by atoms with Gasteiger partial charge in [0.25, 0.3) is 11.1 Å². The molecule has 0 aliphatic carbocycles. The Morgan fingerprint density at radius 3 is 2.80 bits per heavy atom. The summed E-state index contributed by atoms with van der Waals surface area (Å²) in [5.41, 5.74) is 4.82. The molecule has 1 aliphatic heterocycles. The molecule has 1 aliphatic rings. The quantitative estimate of drug-likeness (QED) is 0.328. The molecule has 144 valence electrons. The summed E-state index contributed by atoms with van der Waals surface area (Å²) < 4.78 is 1.15. The van der Waals surface area contributed by atoms with Gasteiger partial charge in [-0.1, -0.05) is 18.1 Å². The largest absolute Gasteiger partial charge is 0.290 e. The van der Waals surface area contributed by atoms with Crippen molar-refractivity contribution in [3.63, 3.8) is 0 Å². The smallest absolute Gasteiger partial charge is 0.282 e. The Bertz CT molecular complexity index is 1460. The Kier molecular flexibility index (Phi) is 4.43. The number of carbonyl (C=O) groups excluding carboxylic acids is 2. The highest BCUT2D eigenvalue weighted by Crippen LogP contribution is 2.42. The Hall–Kier alpha value is -3.40. The molecule has 0 atom stereocenters. The Morgan fingerprint density at radius 1 is 1.17 bits per heavy atom. The first-order valence-electron chi connectivity index (χ1n) is 9.18. The highest BCUT2D eigenvalue weighted by molar-refractivity contribution is 8.18. The molecular formula is C24H14N2O2S2. The number of terminal acetylenes is 1. The predicted molar refractivity (Wildman–Crippen MR) is 124 cm³/mol. The first-order valence-corrected chi connectivity index (χ1v) is 10.8. The average molecular weight is 427 g/mol. The van der Waals surface area contributed by atoms with Gasteiger partial charge in [-0.25, -0.2) is 0 Å². The fourth-order valence-corrected chi connectivity index (χ4v) is 5.66. The number of pyridine rings is 1. The van der Waals surface area contributed by atoms with Crippen LogP contribution in [0.15, 0.2) is 53.6 Å². The number of rotatable bonds is 2. The van der Waals surface area contributed by atoms with E-state index in [-0.39, 0.29) is 11.1 Å². The summed E-state index contributed by atoms with van der Waals surface area (Å²) >= 11 is 2.62. The van der Waals surface area contributed by atoms with E-state index in [2.05, 4.69) is 29.2 Å². The van der Waals surface area contributed by atoms with E-state index in [1.807, 2.05) is 36.4 Å². The number of benzene rings is 2. The number of aromatic nitrogens is 1. The van der Waals surface area contributed by atoms with E-state index in [0.29, 0.717) is 4.91 Å². The van der Waals surface area contributed by atoms with Crippen LogP contribution in [0.1, 0.15) is 16.7 Å². The third-order valence-electron chi connectivity index (χ3n) is 5.06. The predicted octanol–water partition coefficient (Wildman–Crippen LogP) is 5.73. The minimum atomic E-state index is -0.362. The molecule has 1 N–H and O–H groups in total. The van der Waals surface area contributed by atoms with Gasteiger partial charge in [0.2, 0.25) is 0 Å². The van der Waals surface area contributed by atoms with Crippen LogP contribution in [-0.4, -0.2) is 16.1 Å². The zero-order chi connectivity index (χ0) is 20.8. The molecule has 0 radical (unpaired) electrons. The van der Waals surface area contributed by atoms with E-state index in [0.717, 1.165) is 59.9 Å². The molecule has 2 aromatic heterocycles. The molecule has 0 unspecified atom stereocenters. The third kappa shape index (κ3) is 3.00. The second-order valence-corrected chi connectivity index (χ2v) is 8.93. The molecule has 4 aromatic rings. The molecule has 30 heavy (non-hydrogen) atoms. The number of amides is 2. The van der Waals surface area contributed by atoms with Crippen LogP contribution in [0.4, 0.5) is 4.79 Å². The lowest BCUT2D eigenvalue weighted by molar-refractivity contribution is -0.115. The van der Waals surface area contributed by atoms with E-state index in [1.54, 1.807) is 23.6 Å². The van der Waals surface area contributed by atoms with Crippen LogP contribution in [0.5, 0.6) is 0 Å². The molecule has 3 heterocycles. The van der Waals surface area contributed by atoms with Crippen molar-refractivity contribution in [2.75, 3.05) is 0 Å². The number of fused-ring (bicyclic) bond motifs is 2. The van der Waals surface area contributed by atoms with Crippen molar-refractivity contribution >= 4 is 61.3 Å². The van der Waals surface area contributed by atoms with E-state index < -0.39 is 0 Å². The van der Waals surface area contributed by atoms with Gasteiger partial charge in [0.15, 0.2) is 0 Å². The second-order valence-electron chi connectivity index (χ2n) is 6.87. The van der Waals surface area contributed by atoms with Gasteiger partial charge >= 0.3 is 0 Å². The molecular weight excluding hydrogens is 412 g/mol. The number of aryl methyl sites for hydroxylation is 1. The monoisotopic (exact) mass is 426 g/mol. The number of thioether (sulfide) groups is 1. The molecule has 6 heteroatoms. The van der Waals surface area contributed by atoms with E-state index >= 15 is 0 Å². The van der Waals surface area contributed by atoms with Gasteiger partial charge in [0.1, 0.15) is 0 Å². The first-order chi connectivity index (χ1) is 14.5. The molecule has 0 bridgehead atoms. The van der Waals surface area contributed by atoms with E-state index in [9.17, 15) is 9.59 Å². The normalized spacial score (nSPS) is 15.1. The summed E-state index contributed by atoms with van der Waals surface area (Å²) in [6, 6.07) is 13.9. The molecule has 5 rings (SSSR count). The summed E-state index contributed by atoms with van der Waals surface area (Å²) in [4.78, 5) is 29.4. The van der Waals surface area contributed by atoms with Crippen molar-refractivity contribution in [3.8, 4) is 22.8 Å². The van der Waals surface area contributed by atoms with Crippen LogP contribution in [0.2, 0.25) is 0 Å². The Morgan fingerprint density at radius 2 is 2.03 bits per heavy atom. The van der Waals surface area contributed by atoms with Crippen molar-refractivity contribution in [2.24, 2.45) is 0 Å². The minimum absolute atomic E-state index is 0.348. The van der Waals surface area contributed by atoms with Crippen molar-refractivity contribution in [1.82, 2.24) is 10.3 Å². The van der Waals surface area contributed by atoms with Crippen molar-refractivity contribution in [2.45, 2.75) is 6.92 Å². The summed E-state index contributed by atoms with van der Waals surface area (Å²) in [5.74, 6) is 2.43. The van der Waals surface area contributed by atoms with Crippen LogP contribution >= 0.6 is 23.1 Å². The minimum Gasteiger partial charge on any atom is -0.282 e. The van der Waals surface area contributed by atoms with Gasteiger partial charge in [-0.2, -0.15) is 0 Å². The number of hydrogen-bond acceptors (Lipinski definition) is 5. The zero-order valence-corrected chi connectivity index (χ0v) is 17.5. The van der Waals surface area contributed by atoms with Crippen molar-refractivity contribution in [3.05, 3.63) is 70.3 Å². The van der Waals surface area contributed by atoms with Crippen molar-refractivity contribution in [1.29, 1.82) is 0 Å². The maximum atomic E-state index is 11.9. The lowest BCUT2D eigenvalue weighted by atomic mass is 10.00. The number of thiophene rings is 1. The van der Waals surface area contributed by atoms with Gasteiger partial charge in [0.05, 0.1) is 10.4 Å². The maximum absolute atomic E-state index is 11.9. The first kappa shape index (κ1) is 18.6. The Balaban J connectivity index is 1.71. The summed E-state index contributed by atoms with van der Waals surface area (Å²) in [6.45, 7) is 2.10. The van der Waals surface area contributed by atoms with Gasteiger partial charge in [0, 0.05) is 37.7 Å². The SMILES string of the molecule is C#Cc1cccc2sc(-c3ccnc4ccc(/C=C5\SC(=O)NC5=O)cc34)c(C)c12. The molecule has 0 spiro atoms. The lowest BCUT2D eigenvalue weighted by Crippen LogP contribution is -2.17. The molecule has 0 saturated carbocycles. The molecule has 1 fully saturated rings. The van der Waals surface area contributed by atoms with Crippen molar-refractivity contribution < 1.29 is 9.59 Å². The molecule has 1 saturated heterocycles. The highest BCUT2D eigenvalue weighted by atomic mass is 32.2. The van der Waals surface area contributed by atoms with E-state index in [1.165, 1.54) is 0 Å². The van der Waals surface area contributed by atoms with Gasteiger partial charge in [-0.05, 0) is 66.2 Å². The van der Waals surface area contributed by atoms with Crippen LogP contribution in [0.3, 0.4) is 0 Å². The fourth-order valence-electron chi connectivity index (χ4n) is 3.70. The molecule has 4 nitrogen and oxygen atoms in total. The maximum Gasteiger partial charge on any atom is 0.290 e. The topological polar surface area (TPSA) is 59.1 Å². The van der Waals surface area contributed by atoms with Crippen LogP contribution in [0, 0.1) is 19.3 Å². The number of imide groups is 1. The highest BCUT2D eigenvalue weighted by Gasteiger charge is 2.25. The van der Waals surface area contributed by atoms with Crippen LogP contribution in [-0.2, 0) is 4.79 Å². The van der Waals surface area contributed by atoms with Crippen LogP contribution in [0.25, 0.3) is 37.5 Å². The number of nitrogens with one attached hydrogen (secondary N) is 1. The fraction of sp³-hybridized carbons (Fsp3) is 0.0417. The number of carbonyl (C=O) groups is 2. The van der Waals surface area contributed by atoms with Gasteiger partial charge in [-0.3, -0.25) is 19.9 Å². The standard InChI is InChI=1S/C24H14N2O2S2/c1-3-15-5-4-6-19-21(15)13(2)22(29-19)16-9-10-25-18-8-7-14(11-17(16)18)12-20-23(27)26-24(28)30-20/h1,4-12H,2H3,(H,26,27,28)/b20-12-. The lowest BCUT2D eigenvalue weighted by Gasteiger charge is -2.07. The molecule has 2 aromatic carbocycles. The van der Waals surface area contributed by atoms with E-state index in [4.69, 9.17) is 6.42 Å².